The molecule has 0 bridgehead atoms. The molecule has 1 aliphatic rings. The Balaban J connectivity index is 2.17. The van der Waals surface area contributed by atoms with E-state index in [4.69, 9.17) is 5.11 Å². The summed E-state index contributed by atoms with van der Waals surface area (Å²) in [5.41, 5.74) is 1.96. The summed E-state index contributed by atoms with van der Waals surface area (Å²) in [6, 6.07) is 3.35. The highest BCUT2D eigenvalue weighted by atomic mass is 16.4. The number of carbonyl (C=O) groups is 1. The Morgan fingerprint density at radius 1 is 1.43 bits per heavy atom. The van der Waals surface area contributed by atoms with Crippen LogP contribution in [0.15, 0.2) is 16.9 Å². The van der Waals surface area contributed by atoms with Gasteiger partial charge in [0.2, 0.25) is 0 Å². The first-order valence-corrected chi connectivity index (χ1v) is 7.44. The van der Waals surface area contributed by atoms with Crippen LogP contribution in [0.25, 0.3) is 5.65 Å². The summed E-state index contributed by atoms with van der Waals surface area (Å²) in [6.07, 6.45) is 4.18. The first-order valence-electron chi connectivity index (χ1n) is 7.44. The molecule has 2 aromatic rings. The van der Waals surface area contributed by atoms with Gasteiger partial charge in [0.1, 0.15) is 5.65 Å². The number of aromatic nitrogens is 3. The summed E-state index contributed by atoms with van der Waals surface area (Å²) in [5, 5.41) is 13.5. The Labute approximate surface area is 122 Å². The van der Waals surface area contributed by atoms with Gasteiger partial charge in [-0.2, -0.15) is 9.61 Å². The molecule has 1 N–H and O–H groups in total. The third kappa shape index (κ3) is 2.46. The number of carboxylic acid groups (broad SMARTS) is 1. The maximum absolute atomic E-state index is 12.2. The Kier molecular flexibility index (Phi) is 3.53. The zero-order chi connectivity index (χ0) is 15.0. The third-order valence-electron chi connectivity index (χ3n) is 4.13. The first-order chi connectivity index (χ1) is 10.1. The van der Waals surface area contributed by atoms with Gasteiger partial charge in [0.05, 0.1) is 12.1 Å². The average molecular weight is 289 g/mol. The molecule has 1 fully saturated rings. The summed E-state index contributed by atoms with van der Waals surface area (Å²) >= 11 is 0. The lowest BCUT2D eigenvalue weighted by Crippen LogP contribution is -2.23. The number of aryl methyl sites for hydroxylation is 1. The van der Waals surface area contributed by atoms with E-state index in [1.165, 1.54) is 17.0 Å². The van der Waals surface area contributed by atoms with Crippen LogP contribution in [0.3, 0.4) is 0 Å². The molecule has 3 rings (SSSR count). The standard InChI is InChI=1S/C15H19N3O3/c1-2-6-17-11(8-15(20)21)7-14(19)18-13(17)9-12(16-18)10-4-3-5-10/h7,9-10H,2-6,8H2,1H3,(H,20,21). The fraction of sp³-hybridized carbons (Fsp3) is 0.533. The molecule has 0 amide bonds. The van der Waals surface area contributed by atoms with Gasteiger partial charge in [0, 0.05) is 30.3 Å². The van der Waals surface area contributed by atoms with Crippen molar-refractivity contribution in [2.24, 2.45) is 0 Å². The highest BCUT2D eigenvalue weighted by molar-refractivity contribution is 5.70. The number of nitrogens with zero attached hydrogens (tertiary/aromatic N) is 3. The largest absolute Gasteiger partial charge is 0.481 e. The predicted octanol–water partition coefficient (Wildman–Crippen LogP) is 1.80. The van der Waals surface area contributed by atoms with Crippen LogP contribution in [-0.4, -0.2) is 25.3 Å². The normalized spacial score (nSPS) is 15.3. The number of aliphatic carboxylic acids is 1. The van der Waals surface area contributed by atoms with Crippen LogP contribution in [0, 0.1) is 0 Å². The summed E-state index contributed by atoms with van der Waals surface area (Å²) < 4.78 is 3.32. The lowest BCUT2D eigenvalue weighted by molar-refractivity contribution is -0.136. The molecule has 1 saturated carbocycles. The van der Waals surface area contributed by atoms with Gasteiger partial charge in [-0.05, 0) is 19.3 Å². The Hall–Kier alpha value is -2.11. The second-order valence-electron chi connectivity index (χ2n) is 5.66. The van der Waals surface area contributed by atoms with Gasteiger partial charge in [-0.1, -0.05) is 13.3 Å². The SMILES string of the molecule is CCCn1c(CC(=O)O)cc(=O)n2nc(C3CCC3)cc12. The van der Waals surface area contributed by atoms with Crippen LogP contribution in [-0.2, 0) is 17.8 Å². The van der Waals surface area contributed by atoms with E-state index in [1.54, 1.807) is 0 Å². The molecule has 2 heterocycles. The zero-order valence-corrected chi connectivity index (χ0v) is 12.1. The number of rotatable bonds is 5. The smallest absolute Gasteiger partial charge is 0.309 e. The van der Waals surface area contributed by atoms with Crippen molar-refractivity contribution in [3.8, 4) is 0 Å². The zero-order valence-electron chi connectivity index (χ0n) is 12.1. The molecule has 21 heavy (non-hydrogen) atoms. The Morgan fingerprint density at radius 3 is 2.76 bits per heavy atom. The molecule has 0 radical (unpaired) electrons. The van der Waals surface area contributed by atoms with Crippen LogP contribution < -0.4 is 5.56 Å². The van der Waals surface area contributed by atoms with Crippen LogP contribution >= 0.6 is 0 Å². The quantitative estimate of drug-likeness (QED) is 0.910. The molecular formula is C15H19N3O3. The van der Waals surface area contributed by atoms with Crippen LogP contribution in [0.2, 0.25) is 0 Å². The van der Waals surface area contributed by atoms with Crippen LogP contribution in [0.5, 0.6) is 0 Å². The molecule has 0 saturated heterocycles. The molecule has 6 nitrogen and oxygen atoms in total. The minimum absolute atomic E-state index is 0.143. The van der Waals surface area contributed by atoms with Gasteiger partial charge in [0.15, 0.2) is 0 Å². The van der Waals surface area contributed by atoms with E-state index in [0.29, 0.717) is 23.8 Å². The fourth-order valence-corrected chi connectivity index (χ4v) is 2.86. The van der Waals surface area contributed by atoms with Gasteiger partial charge in [-0.3, -0.25) is 9.59 Å². The van der Waals surface area contributed by atoms with Crippen molar-refractivity contribution >= 4 is 11.6 Å². The summed E-state index contributed by atoms with van der Waals surface area (Å²) in [6.45, 7) is 2.71. The lowest BCUT2D eigenvalue weighted by atomic mass is 9.83. The second kappa shape index (κ2) is 5.35. The lowest BCUT2D eigenvalue weighted by Gasteiger charge is -2.22. The van der Waals surface area contributed by atoms with Crippen molar-refractivity contribution in [3.05, 3.63) is 33.9 Å². The fourth-order valence-electron chi connectivity index (χ4n) is 2.86. The number of hydrogen-bond donors (Lipinski definition) is 1. The maximum atomic E-state index is 12.2. The van der Waals surface area contributed by atoms with E-state index >= 15 is 0 Å². The van der Waals surface area contributed by atoms with Crippen molar-refractivity contribution < 1.29 is 9.90 Å². The summed E-state index contributed by atoms with van der Waals surface area (Å²) in [5.74, 6) is -0.482. The molecule has 2 aromatic heterocycles. The Bertz CT molecular complexity index is 740. The number of hydrogen-bond acceptors (Lipinski definition) is 3. The van der Waals surface area contributed by atoms with Gasteiger partial charge >= 0.3 is 5.97 Å². The van der Waals surface area contributed by atoms with Crippen molar-refractivity contribution in [3.63, 3.8) is 0 Å². The third-order valence-corrected chi connectivity index (χ3v) is 4.13. The maximum Gasteiger partial charge on any atom is 0.309 e. The predicted molar refractivity (Wildman–Crippen MR) is 77.7 cm³/mol. The minimum atomic E-state index is -0.928. The summed E-state index contributed by atoms with van der Waals surface area (Å²) in [4.78, 5) is 23.2. The summed E-state index contributed by atoms with van der Waals surface area (Å²) in [7, 11) is 0. The van der Waals surface area contributed by atoms with E-state index in [0.717, 1.165) is 25.0 Å². The van der Waals surface area contributed by atoms with Gasteiger partial charge in [-0.25, -0.2) is 0 Å². The number of fused-ring (bicyclic) bond motifs is 1. The van der Waals surface area contributed by atoms with E-state index in [-0.39, 0.29) is 12.0 Å². The molecule has 0 spiro atoms. The highest BCUT2D eigenvalue weighted by Crippen LogP contribution is 2.35. The van der Waals surface area contributed by atoms with E-state index in [2.05, 4.69) is 5.10 Å². The molecular weight excluding hydrogens is 270 g/mol. The molecule has 0 unspecified atom stereocenters. The Morgan fingerprint density at radius 2 is 2.19 bits per heavy atom. The van der Waals surface area contributed by atoms with Crippen LogP contribution in [0.1, 0.15) is 49.9 Å². The molecule has 0 atom stereocenters. The molecule has 0 aromatic carbocycles. The van der Waals surface area contributed by atoms with Crippen molar-refractivity contribution in [2.75, 3.05) is 0 Å². The second-order valence-corrected chi connectivity index (χ2v) is 5.66. The van der Waals surface area contributed by atoms with E-state index in [1.807, 2.05) is 17.6 Å². The van der Waals surface area contributed by atoms with Gasteiger partial charge in [-0.15, -0.1) is 0 Å². The minimum Gasteiger partial charge on any atom is -0.481 e. The average Bonchev–Trinajstić information content (AvgIpc) is 2.76. The van der Waals surface area contributed by atoms with Gasteiger partial charge in [0.25, 0.3) is 5.56 Å². The van der Waals surface area contributed by atoms with Gasteiger partial charge < -0.3 is 9.67 Å². The molecule has 112 valence electrons. The highest BCUT2D eigenvalue weighted by Gasteiger charge is 2.24. The molecule has 1 aliphatic carbocycles. The monoisotopic (exact) mass is 289 g/mol. The topological polar surface area (TPSA) is 76.6 Å². The molecule has 0 aliphatic heterocycles. The first kappa shape index (κ1) is 13.9. The molecule has 6 heteroatoms. The van der Waals surface area contributed by atoms with E-state index in [9.17, 15) is 9.59 Å². The van der Waals surface area contributed by atoms with E-state index < -0.39 is 5.97 Å². The van der Waals surface area contributed by atoms with Crippen molar-refractivity contribution in [2.45, 2.75) is 51.5 Å². The number of carboxylic acids is 1. The van der Waals surface area contributed by atoms with Crippen molar-refractivity contribution in [1.29, 1.82) is 0 Å². The van der Waals surface area contributed by atoms with Crippen molar-refractivity contribution in [1.82, 2.24) is 14.2 Å². The van der Waals surface area contributed by atoms with Crippen LogP contribution in [0.4, 0.5) is 0 Å².